The van der Waals surface area contributed by atoms with Gasteiger partial charge in [0.25, 0.3) is 0 Å². The molecule has 0 saturated carbocycles. The van der Waals surface area contributed by atoms with E-state index in [0.29, 0.717) is 0 Å². The first kappa shape index (κ1) is 16.7. The SMILES string of the molecule is Cc1cccc(C(c2cccc(C)c2C)C(Cl)(Cl)Cl)c1C. The van der Waals surface area contributed by atoms with Crippen molar-refractivity contribution in [1.29, 1.82) is 0 Å². The zero-order chi connectivity index (χ0) is 15.8. The molecular weight excluding hydrogens is 323 g/mol. The molecule has 0 nitrogen and oxygen atoms in total. The van der Waals surface area contributed by atoms with E-state index in [0.717, 1.165) is 11.1 Å². The Morgan fingerprint density at radius 2 is 1.10 bits per heavy atom. The highest BCUT2D eigenvalue weighted by atomic mass is 35.6. The largest absolute Gasteiger partial charge is 0.201 e. The Balaban J connectivity index is 2.71. The fraction of sp³-hybridized carbons (Fsp3) is 0.333. The maximum Gasteiger partial charge on any atom is 0.201 e. The van der Waals surface area contributed by atoms with Crippen LogP contribution in [0.3, 0.4) is 0 Å². The smallest absolute Gasteiger partial charge is 0.0826 e. The number of hydrogen-bond acceptors (Lipinski definition) is 0. The fourth-order valence-corrected chi connectivity index (χ4v) is 3.40. The molecule has 0 spiro atoms. The number of rotatable bonds is 2. The van der Waals surface area contributed by atoms with Crippen molar-refractivity contribution in [2.75, 3.05) is 0 Å². The molecule has 21 heavy (non-hydrogen) atoms. The van der Waals surface area contributed by atoms with Crippen LogP contribution in [0.4, 0.5) is 0 Å². The molecule has 0 saturated heterocycles. The van der Waals surface area contributed by atoms with Gasteiger partial charge >= 0.3 is 0 Å². The van der Waals surface area contributed by atoms with Gasteiger partial charge < -0.3 is 0 Å². The average Bonchev–Trinajstić information content (AvgIpc) is 2.38. The van der Waals surface area contributed by atoms with E-state index in [1.165, 1.54) is 22.3 Å². The van der Waals surface area contributed by atoms with E-state index < -0.39 is 3.79 Å². The number of hydrogen-bond donors (Lipinski definition) is 0. The molecule has 0 aliphatic carbocycles. The summed E-state index contributed by atoms with van der Waals surface area (Å²) in [5, 5.41) is 0. The third kappa shape index (κ3) is 3.39. The van der Waals surface area contributed by atoms with E-state index in [2.05, 4.69) is 52.0 Å². The molecule has 2 rings (SSSR count). The number of benzene rings is 2. The summed E-state index contributed by atoms with van der Waals surface area (Å²) in [5.74, 6) is -0.276. The first-order chi connectivity index (χ1) is 9.73. The molecule has 0 heterocycles. The van der Waals surface area contributed by atoms with Gasteiger partial charge in [-0.2, -0.15) is 0 Å². The number of halogens is 3. The lowest BCUT2D eigenvalue weighted by Gasteiger charge is -2.29. The van der Waals surface area contributed by atoms with E-state index in [9.17, 15) is 0 Å². The van der Waals surface area contributed by atoms with Gasteiger partial charge in [-0.05, 0) is 61.1 Å². The quantitative estimate of drug-likeness (QED) is 0.553. The summed E-state index contributed by atoms with van der Waals surface area (Å²) in [6.07, 6.45) is 0. The van der Waals surface area contributed by atoms with Crippen LogP contribution in [0.1, 0.15) is 39.3 Å². The van der Waals surface area contributed by atoms with E-state index in [1.54, 1.807) is 0 Å². The van der Waals surface area contributed by atoms with Crippen molar-refractivity contribution >= 4 is 34.8 Å². The van der Waals surface area contributed by atoms with Crippen molar-refractivity contribution in [3.63, 3.8) is 0 Å². The van der Waals surface area contributed by atoms with Gasteiger partial charge in [0, 0.05) is 0 Å². The summed E-state index contributed by atoms with van der Waals surface area (Å²) >= 11 is 19.0. The van der Waals surface area contributed by atoms with Crippen LogP contribution < -0.4 is 0 Å². The second kappa shape index (κ2) is 6.20. The monoisotopic (exact) mass is 340 g/mol. The van der Waals surface area contributed by atoms with Crippen LogP contribution in [0.5, 0.6) is 0 Å². The molecular formula is C18H19Cl3. The van der Waals surface area contributed by atoms with Crippen molar-refractivity contribution in [3.05, 3.63) is 69.8 Å². The molecule has 0 aliphatic rings. The number of aryl methyl sites for hydroxylation is 2. The van der Waals surface area contributed by atoms with Crippen LogP contribution in [0.2, 0.25) is 0 Å². The molecule has 0 atom stereocenters. The Hall–Kier alpha value is -0.690. The highest BCUT2D eigenvalue weighted by Gasteiger charge is 2.37. The summed E-state index contributed by atoms with van der Waals surface area (Å²) in [6, 6.07) is 12.3. The van der Waals surface area contributed by atoms with Gasteiger partial charge in [0.05, 0.1) is 5.92 Å². The van der Waals surface area contributed by atoms with Crippen molar-refractivity contribution in [2.24, 2.45) is 0 Å². The van der Waals surface area contributed by atoms with Crippen LogP contribution in [-0.2, 0) is 0 Å². The standard InChI is InChI=1S/C18H19Cl3/c1-11-7-5-9-15(13(11)3)17(18(19,20)21)16-10-6-8-12(2)14(16)4/h5-10,17H,1-4H3. The second-order valence-corrected chi connectivity index (χ2v) is 7.92. The Kier molecular flexibility index (Phi) is 4.92. The summed E-state index contributed by atoms with van der Waals surface area (Å²) in [7, 11) is 0. The normalized spacial score (nSPS) is 12.0. The first-order valence-corrected chi connectivity index (χ1v) is 8.05. The summed E-state index contributed by atoms with van der Waals surface area (Å²) in [4.78, 5) is 0. The maximum atomic E-state index is 6.35. The minimum atomic E-state index is -1.39. The van der Waals surface area contributed by atoms with Crippen molar-refractivity contribution in [1.82, 2.24) is 0 Å². The van der Waals surface area contributed by atoms with Crippen LogP contribution >= 0.6 is 34.8 Å². The predicted molar refractivity (Wildman–Crippen MR) is 94.0 cm³/mol. The third-order valence-corrected chi connectivity index (χ3v) is 4.90. The van der Waals surface area contributed by atoms with Crippen LogP contribution in [-0.4, -0.2) is 3.79 Å². The van der Waals surface area contributed by atoms with E-state index in [4.69, 9.17) is 34.8 Å². The zero-order valence-electron chi connectivity index (χ0n) is 12.7. The summed E-state index contributed by atoms with van der Waals surface area (Å²) < 4.78 is -1.39. The Morgan fingerprint density at radius 3 is 1.43 bits per heavy atom. The molecule has 0 fully saturated rings. The maximum absolute atomic E-state index is 6.35. The molecule has 112 valence electrons. The molecule has 3 heteroatoms. The van der Waals surface area contributed by atoms with E-state index in [1.807, 2.05) is 12.1 Å². The van der Waals surface area contributed by atoms with Crippen molar-refractivity contribution in [3.8, 4) is 0 Å². The molecule has 2 aromatic carbocycles. The van der Waals surface area contributed by atoms with Gasteiger partial charge in [0.1, 0.15) is 0 Å². The topological polar surface area (TPSA) is 0 Å². The van der Waals surface area contributed by atoms with Gasteiger partial charge in [-0.3, -0.25) is 0 Å². The first-order valence-electron chi connectivity index (χ1n) is 6.92. The van der Waals surface area contributed by atoms with Crippen LogP contribution in [0, 0.1) is 27.7 Å². The molecule has 0 N–H and O–H groups in total. The van der Waals surface area contributed by atoms with Gasteiger partial charge in [-0.15, -0.1) is 0 Å². The van der Waals surface area contributed by atoms with Gasteiger partial charge in [-0.25, -0.2) is 0 Å². The highest BCUT2D eigenvalue weighted by molar-refractivity contribution is 6.68. The lowest BCUT2D eigenvalue weighted by molar-refractivity contribution is 0.819. The van der Waals surface area contributed by atoms with Crippen molar-refractivity contribution in [2.45, 2.75) is 37.4 Å². The lowest BCUT2D eigenvalue weighted by atomic mass is 9.85. The molecule has 2 aromatic rings. The Bertz CT molecular complexity index is 602. The summed E-state index contributed by atoms with van der Waals surface area (Å²) in [6.45, 7) is 8.33. The molecule has 0 aliphatic heterocycles. The predicted octanol–water partition coefficient (Wildman–Crippen LogP) is 6.42. The van der Waals surface area contributed by atoms with Crippen LogP contribution in [0.15, 0.2) is 36.4 Å². The average molecular weight is 342 g/mol. The van der Waals surface area contributed by atoms with E-state index in [-0.39, 0.29) is 5.92 Å². The van der Waals surface area contributed by atoms with Crippen molar-refractivity contribution < 1.29 is 0 Å². The molecule has 0 amide bonds. The molecule has 0 aromatic heterocycles. The van der Waals surface area contributed by atoms with E-state index >= 15 is 0 Å². The Morgan fingerprint density at radius 1 is 0.714 bits per heavy atom. The van der Waals surface area contributed by atoms with Gasteiger partial charge in [-0.1, -0.05) is 71.2 Å². The minimum absolute atomic E-state index is 0.276. The highest BCUT2D eigenvalue weighted by Crippen LogP contribution is 2.47. The third-order valence-electron chi connectivity index (χ3n) is 4.24. The van der Waals surface area contributed by atoms with Crippen LogP contribution in [0.25, 0.3) is 0 Å². The van der Waals surface area contributed by atoms with Gasteiger partial charge in [0.2, 0.25) is 3.79 Å². The Labute approximate surface area is 142 Å². The van der Waals surface area contributed by atoms with Gasteiger partial charge in [0.15, 0.2) is 0 Å². The molecule has 0 radical (unpaired) electrons. The second-order valence-electron chi connectivity index (χ2n) is 5.55. The molecule has 0 bridgehead atoms. The minimum Gasteiger partial charge on any atom is -0.0826 e. The number of alkyl halides is 3. The molecule has 0 unspecified atom stereocenters. The summed E-state index contributed by atoms with van der Waals surface area (Å²) in [5.41, 5.74) is 6.91. The fourth-order valence-electron chi connectivity index (χ4n) is 2.69. The zero-order valence-corrected chi connectivity index (χ0v) is 14.9. The lowest BCUT2D eigenvalue weighted by Crippen LogP contribution is -2.21.